The van der Waals surface area contributed by atoms with Crippen molar-refractivity contribution >= 4 is 83.9 Å². The molecular formula is C44H45N9O3. The quantitative estimate of drug-likeness (QED) is 0.0687. The van der Waals surface area contributed by atoms with Crippen molar-refractivity contribution in [3.63, 3.8) is 0 Å². The Bertz CT molecular complexity index is 2800. The first-order chi connectivity index (χ1) is 27.0. The van der Waals surface area contributed by atoms with Gasteiger partial charge in [-0.1, -0.05) is 0 Å². The number of pyridine rings is 1. The molecule has 0 saturated heterocycles. The van der Waals surface area contributed by atoms with Crippen LogP contribution in [0.2, 0.25) is 0 Å². The van der Waals surface area contributed by atoms with Crippen LogP contribution in [0, 0.1) is 20.8 Å². The van der Waals surface area contributed by atoms with Gasteiger partial charge in [0.15, 0.2) is 0 Å². The van der Waals surface area contributed by atoms with Crippen LogP contribution in [-0.4, -0.2) is 67.0 Å². The molecule has 1 amide bonds. The molecule has 5 aromatic heterocycles. The number of imidazole rings is 1. The Kier molecular flexibility index (Phi) is 9.71. The molecule has 5 N–H and O–H groups in total. The Morgan fingerprint density at radius 3 is 2.05 bits per heavy atom. The maximum Gasteiger partial charge on any atom is 0.305 e. The molecule has 0 spiro atoms. The number of nitrogens with zero attached hydrogens (tertiary/aromatic N) is 4. The summed E-state index contributed by atoms with van der Waals surface area (Å²) in [6, 6.07) is 18.5. The van der Waals surface area contributed by atoms with Gasteiger partial charge < -0.3 is 30.3 Å². The van der Waals surface area contributed by atoms with E-state index in [1.807, 2.05) is 32.0 Å². The van der Waals surface area contributed by atoms with E-state index in [0.29, 0.717) is 25.9 Å². The summed E-state index contributed by atoms with van der Waals surface area (Å²) in [7, 11) is 1.41. The SMILES string of the molecule is COC(=O)CCC1=C(C)c2cc3[nH]c(cc3C)cc3[nH]c(cc4nc(cc1n2)C(CCC(=O)NCCNc1cc(C)[nH]c2ccc5ncnc5c12)=C4C)cc3C. The van der Waals surface area contributed by atoms with Gasteiger partial charge in [0.1, 0.15) is 11.8 Å². The number of aromatic nitrogens is 7. The standard InChI is InChI=1S/C44H45N9O3/c1-23-15-29-19-36-26(4)30(7-11-41(54)46-14-13-45-40-17-25(3)49-32-9-10-33-44(43(32)40)48-22-47-33)38(52-36)21-39-31(8-12-42(55)56-6)27(5)37(53-39)20-35-24(2)16-28(51-35)18-34(23)50-29/h9-10,15-22,45,49-51H,7-8,11-14H2,1-6H3,(H,46,54). The van der Waals surface area contributed by atoms with E-state index in [1.54, 1.807) is 6.33 Å². The van der Waals surface area contributed by atoms with Gasteiger partial charge in [0.05, 0.1) is 35.4 Å². The number of aryl methyl sites for hydroxylation is 3. The molecule has 0 aliphatic carbocycles. The van der Waals surface area contributed by atoms with E-state index in [4.69, 9.17) is 14.7 Å². The van der Waals surface area contributed by atoms with E-state index in [1.165, 1.54) is 7.11 Å². The molecule has 7 heterocycles. The third-order valence-electron chi connectivity index (χ3n) is 10.7. The summed E-state index contributed by atoms with van der Waals surface area (Å²) in [5, 5.41) is 7.58. The van der Waals surface area contributed by atoms with Crippen molar-refractivity contribution in [1.29, 1.82) is 0 Å². The molecule has 12 nitrogen and oxygen atoms in total. The van der Waals surface area contributed by atoms with Crippen LogP contribution in [0.4, 0.5) is 5.69 Å². The number of anilines is 1. The van der Waals surface area contributed by atoms with E-state index in [9.17, 15) is 9.59 Å². The van der Waals surface area contributed by atoms with Crippen molar-refractivity contribution in [2.24, 2.45) is 0 Å². The number of carbonyl (C=O) groups excluding carboxylic acids is 2. The number of allylic oxidation sites excluding steroid dienone is 4. The third-order valence-corrected chi connectivity index (χ3v) is 10.7. The third kappa shape index (κ3) is 7.17. The summed E-state index contributed by atoms with van der Waals surface area (Å²) in [5.41, 5.74) is 17.9. The van der Waals surface area contributed by atoms with Crippen LogP contribution in [-0.2, 0) is 14.3 Å². The monoisotopic (exact) mass is 747 g/mol. The minimum atomic E-state index is -0.276. The zero-order valence-electron chi connectivity index (χ0n) is 32.5. The van der Waals surface area contributed by atoms with Crippen LogP contribution >= 0.6 is 0 Å². The molecule has 0 radical (unpaired) electrons. The van der Waals surface area contributed by atoms with Gasteiger partial charge in [-0.05, 0) is 135 Å². The summed E-state index contributed by atoms with van der Waals surface area (Å²) in [4.78, 5) is 55.3. The smallest absolute Gasteiger partial charge is 0.305 e. The highest BCUT2D eigenvalue weighted by atomic mass is 16.5. The molecule has 1 aromatic carbocycles. The summed E-state index contributed by atoms with van der Waals surface area (Å²) >= 11 is 0. The number of methoxy groups -OCH3 is 1. The van der Waals surface area contributed by atoms with Crippen molar-refractivity contribution in [3.8, 4) is 0 Å². The predicted octanol–water partition coefficient (Wildman–Crippen LogP) is 8.49. The second kappa shape index (κ2) is 14.9. The number of ether oxygens (including phenoxy) is 1. The fraction of sp³-hybridized carbons (Fsp3) is 0.273. The van der Waals surface area contributed by atoms with Crippen molar-refractivity contribution in [2.45, 2.75) is 60.3 Å². The number of amides is 1. The minimum absolute atomic E-state index is 0.0485. The number of fused-ring (bicyclic) bond motifs is 11. The van der Waals surface area contributed by atoms with Crippen molar-refractivity contribution in [1.82, 2.24) is 40.2 Å². The number of nitrogens with one attached hydrogen (secondary N) is 5. The highest BCUT2D eigenvalue weighted by Crippen LogP contribution is 2.38. The Balaban J connectivity index is 1.08. The average molecular weight is 748 g/mol. The Hall–Kier alpha value is -6.56. The molecule has 12 heteroatoms. The van der Waals surface area contributed by atoms with Gasteiger partial charge in [0, 0.05) is 70.3 Å². The minimum Gasteiger partial charge on any atom is -0.469 e. The molecular weight excluding hydrogens is 703 g/mol. The fourth-order valence-corrected chi connectivity index (χ4v) is 7.71. The zero-order valence-corrected chi connectivity index (χ0v) is 32.5. The number of H-pyrrole nitrogens is 3. The lowest BCUT2D eigenvalue weighted by atomic mass is 9.98. The predicted molar refractivity (Wildman–Crippen MR) is 224 cm³/mol. The zero-order chi connectivity index (χ0) is 39.1. The maximum absolute atomic E-state index is 13.3. The Labute approximate surface area is 324 Å². The first-order valence-electron chi connectivity index (χ1n) is 19.0. The van der Waals surface area contributed by atoms with E-state index >= 15 is 0 Å². The lowest BCUT2D eigenvalue weighted by Gasteiger charge is -2.13. The fourth-order valence-electron chi connectivity index (χ4n) is 7.71. The topological polar surface area (TPSA) is 166 Å². The van der Waals surface area contributed by atoms with Crippen molar-refractivity contribution < 1.29 is 14.3 Å². The number of rotatable bonds is 10. The molecule has 6 aromatic rings. The average Bonchev–Trinajstić information content (AvgIpc) is 3.98. The van der Waals surface area contributed by atoms with Crippen LogP contribution in [0.5, 0.6) is 0 Å². The number of hydrogen-bond donors (Lipinski definition) is 5. The molecule has 0 unspecified atom stereocenters. The van der Waals surface area contributed by atoms with Gasteiger partial charge in [0.25, 0.3) is 0 Å². The molecule has 8 bridgehead atoms. The lowest BCUT2D eigenvalue weighted by molar-refractivity contribution is -0.140. The highest BCUT2D eigenvalue weighted by molar-refractivity contribution is 6.09. The number of carbonyl (C=O) groups is 2. The molecule has 0 atom stereocenters. The molecule has 8 rings (SSSR count). The molecule has 56 heavy (non-hydrogen) atoms. The largest absolute Gasteiger partial charge is 0.469 e. The van der Waals surface area contributed by atoms with Crippen LogP contribution in [0.15, 0.2) is 60.9 Å². The van der Waals surface area contributed by atoms with E-state index in [0.717, 1.165) is 112 Å². The second-order valence-electron chi connectivity index (χ2n) is 14.6. The summed E-state index contributed by atoms with van der Waals surface area (Å²) < 4.78 is 4.99. The van der Waals surface area contributed by atoms with Crippen LogP contribution in [0.25, 0.3) is 66.3 Å². The van der Waals surface area contributed by atoms with Gasteiger partial charge in [-0.3, -0.25) is 9.59 Å². The number of benzene rings is 1. The maximum atomic E-state index is 13.3. The first kappa shape index (κ1) is 36.4. The second-order valence-corrected chi connectivity index (χ2v) is 14.6. The van der Waals surface area contributed by atoms with E-state index < -0.39 is 0 Å². The summed E-state index contributed by atoms with van der Waals surface area (Å²) in [6.45, 7) is 11.3. The summed E-state index contributed by atoms with van der Waals surface area (Å²) in [6.07, 6.45) is 3.07. The van der Waals surface area contributed by atoms with Gasteiger partial charge >= 0.3 is 5.97 Å². The lowest BCUT2D eigenvalue weighted by Crippen LogP contribution is -2.28. The molecule has 0 fully saturated rings. The number of esters is 1. The molecule has 2 aliphatic rings. The van der Waals surface area contributed by atoms with E-state index in [2.05, 4.69) is 92.7 Å². The molecule has 0 saturated carbocycles. The van der Waals surface area contributed by atoms with Gasteiger partial charge in [-0.2, -0.15) is 0 Å². The molecule has 284 valence electrons. The van der Waals surface area contributed by atoms with Gasteiger partial charge in [-0.25, -0.2) is 19.9 Å². The van der Waals surface area contributed by atoms with E-state index in [-0.39, 0.29) is 24.7 Å². The molecule has 2 aliphatic heterocycles. The highest BCUT2D eigenvalue weighted by Gasteiger charge is 2.22. The Morgan fingerprint density at radius 2 is 1.34 bits per heavy atom. The van der Waals surface area contributed by atoms with Crippen molar-refractivity contribution in [2.75, 3.05) is 25.5 Å². The summed E-state index contributed by atoms with van der Waals surface area (Å²) in [5.74, 6) is -0.325. The normalized spacial score (nSPS) is 12.9. The number of aromatic amines is 3. The van der Waals surface area contributed by atoms with Crippen LogP contribution in [0.3, 0.4) is 0 Å². The first-order valence-corrected chi connectivity index (χ1v) is 19.0. The number of hydrogen-bond acceptors (Lipinski definition) is 8. The Morgan fingerprint density at radius 1 is 0.679 bits per heavy atom. The van der Waals surface area contributed by atoms with Crippen LogP contribution < -0.4 is 10.6 Å². The van der Waals surface area contributed by atoms with Crippen LogP contribution in [0.1, 0.15) is 79.1 Å². The van der Waals surface area contributed by atoms with Gasteiger partial charge in [0.2, 0.25) is 5.91 Å². The van der Waals surface area contributed by atoms with Gasteiger partial charge in [-0.15, -0.1) is 0 Å². The van der Waals surface area contributed by atoms with Crippen molar-refractivity contribution in [3.05, 3.63) is 101 Å².